The predicted molar refractivity (Wildman–Crippen MR) is 118 cm³/mol. The molecule has 2 aromatic carbocycles. The van der Waals surface area contributed by atoms with Crippen LogP contribution < -0.4 is 4.90 Å². The Morgan fingerprint density at radius 1 is 1.10 bits per heavy atom. The second-order valence-corrected chi connectivity index (χ2v) is 11.0. The lowest BCUT2D eigenvalue weighted by molar-refractivity contribution is -0.123. The van der Waals surface area contributed by atoms with Crippen molar-refractivity contribution in [1.82, 2.24) is 4.31 Å². The van der Waals surface area contributed by atoms with Crippen LogP contribution in [0.5, 0.6) is 0 Å². The normalized spacial score (nSPS) is 20.7. The van der Waals surface area contributed by atoms with E-state index in [1.54, 1.807) is 12.1 Å². The number of amides is 1. The molecular weight excluding hydrogens is 476 g/mol. The summed E-state index contributed by atoms with van der Waals surface area (Å²) in [6.07, 6.45) is 1.89. The molecule has 1 fully saturated rings. The zero-order valence-electron chi connectivity index (χ0n) is 16.0. The number of hydrogen-bond donors (Lipinski definition) is 0. The van der Waals surface area contributed by atoms with E-state index < -0.39 is 10.0 Å². The minimum atomic E-state index is -3.57. The maximum absolute atomic E-state index is 13.3. The fourth-order valence-corrected chi connectivity index (χ4v) is 6.24. The van der Waals surface area contributed by atoms with Gasteiger partial charge in [-0.15, -0.1) is 0 Å². The first-order chi connectivity index (χ1) is 13.8. The largest absolute Gasteiger partial charge is 0.309 e. The number of rotatable bonds is 3. The van der Waals surface area contributed by atoms with Crippen LogP contribution in [0.3, 0.4) is 0 Å². The minimum absolute atomic E-state index is 0.0992. The summed E-state index contributed by atoms with van der Waals surface area (Å²) in [4.78, 5) is 15.4. The number of benzene rings is 2. The summed E-state index contributed by atoms with van der Waals surface area (Å²) >= 11 is 9.36. The van der Waals surface area contributed by atoms with Crippen LogP contribution in [0.2, 0.25) is 5.02 Å². The van der Waals surface area contributed by atoms with Crippen LogP contribution >= 0.6 is 27.5 Å². The molecule has 1 saturated heterocycles. The van der Waals surface area contributed by atoms with Crippen molar-refractivity contribution in [2.45, 2.75) is 37.1 Å². The number of sulfonamides is 1. The Morgan fingerprint density at radius 3 is 2.41 bits per heavy atom. The molecule has 29 heavy (non-hydrogen) atoms. The van der Waals surface area contributed by atoms with Crippen molar-refractivity contribution < 1.29 is 13.2 Å². The van der Waals surface area contributed by atoms with E-state index in [9.17, 15) is 13.2 Å². The quantitative estimate of drug-likeness (QED) is 0.628. The van der Waals surface area contributed by atoms with Crippen molar-refractivity contribution in [3.8, 4) is 0 Å². The van der Waals surface area contributed by atoms with Gasteiger partial charge in [-0.3, -0.25) is 4.79 Å². The van der Waals surface area contributed by atoms with E-state index in [-0.39, 0.29) is 22.8 Å². The Morgan fingerprint density at radius 2 is 1.76 bits per heavy atom. The Hall–Kier alpha value is -1.41. The molecule has 2 aliphatic heterocycles. The van der Waals surface area contributed by atoms with Gasteiger partial charge in [-0.1, -0.05) is 27.5 Å². The summed E-state index contributed by atoms with van der Waals surface area (Å²) in [7, 11) is -3.57. The topological polar surface area (TPSA) is 57.7 Å². The zero-order valence-corrected chi connectivity index (χ0v) is 19.2. The molecule has 154 valence electrons. The van der Waals surface area contributed by atoms with Crippen molar-refractivity contribution in [2.24, 2.45) is 5.92 Å². The predicted octanol–water partition coefficient (Wildman–Crippen LogP) is 4.48. The average molecular weight is 498 g/mol. The second-order valence-electron chi connectivity index (χ2n) is 7.67. The Kier molecular flexibility index (Phi) is 5.77. The number of carbonyl (C=O) groups excluding carboxylic acids is 1. The molecule has 2 aliphatic rings. The first kappa shape index (κ1) is 20.8. The standard InChI is InChI=1S/C21H22BrClN2O3S/c1-14-12-16-13-17(22)2-7-20(16)25(14)21(26)15-8-10-24(11-9-15)29(27,28)19-5-3-18(23)4-6-19/h2-7,13-15H,8-12H2,1H3. The van der Waals surface area contributed by atoms with E-state index in [0.717, 1.165) is 16.6 Å². The minimum Gasteiger partial charge on any atom is -0.309 e. The number of piperidine rings is 1. The molecular formula is C21H22BrClN2O3S. The first-order valence-electron chi connectivity index (χ1n) is 9.64. The van der Waals surface area contributed by atoms with Crippen LogP contribution in [-0.2, 0) is 21.2 Å². The first-order valence-corrected chi connectivity index (χ1v) is 12.3. The molecule has 1 unspecified atom stereocenters. The third kappa shape index (κ3) is 3.98. The highest BCUT2D eigenvalue weighted by Crippen LogP contribution is 2.36. The third-order valence-corrected chi connectivity index (χ3v) is 8.41. The molecule has 1 amide bonds. The summed E-state index contributed by atoms with van der Waals surface area (Å²) in [5.41, 5.74) is 2.14. The van der Waals surface area contributed by atoms with Gasteiger partial charge in [0.2, 0.25) is 15.9 Å². The fourth-order valence-electron chi connectivity index (χ4n) is 4.23. The molecule has 8 heteroatoms. The Bertz CT molecular complexity index is 1030. The molecule has 0 bridgehead atoms. The van der Waals surface area contributed by atoms with Gasteiger partial charge in [0, 0.05) is 40.2 Å². The van der Waals surface area contributed by atoms with Crippen LogP contribution in [0.1, 0.15) is 25.3 Å². The number of fused-ring (bicyclic) bond motifs is 1. The summed E-state index contributed by atoms with van der Waals surface area (Å²) in [5, 5.41) is 0.500. The highest BCUT2D eigenvalue weighted by atomic mass is 79.9. The molecule has 2 heterocycles. The molecule has 0 aliphatic carbocycles. The van der Waals surface area contributed by atoms with Crippen LogP contribution in [0.25, 0.3) is 0 Å². The van der Waals surface area contributed by atoms with E-state index >= 15 is 0 Å². The maximum atomic E-state index is 13.3. The smallest absolute Gasteiger partial charge is 0.243 e. The van der Waals surface area contributed by atoms with Crippen LogP contribution in [0.15, 0.2) is 51.8 Å². The van der Waals surface area contributed by atoms with E-state index in [1.807, 2.05) is 17.0 Å². The second kappa shape index (κ2) is 8.02. The van der Waals surface area contributed by atoms with E-state index in [1.165, 1.54) is 22.0 Å². The highest BCUT2D eigenvalue weighted by Gasteiger charge is 2.38. The van der Waals surface area contributed by atoms with Gasteiger partial charge in [0.15, 0.2) is 0 Å². The summed E-state index contributed by atoms with van der Waals surface area (Å²) < 4.78 is 28.2. The number of halogens is 2. The monoisotopic (exact) mass is 496 g/mol. The Balaban J connectivity index is 1.46. The summed E-state index contributed by atoms with van der Waals surface area (Å²) in [6, 6.07) is 12.3. The van der Waals surface area contributed by atoms with Crippen LogP contribution in [-0.4, -0.2) is 37.8 Å². The van der Waals surface area contributed by atoms with Gasteiger partial charge in [0.1, 0.15) is 0 Å². The van der Waals surface area contributed by atoms with E-state index in [4.69, 9.17) is 11.6 Å². The summed E-state index contributed by atoms with van der Waals surface area (Å²) in [5.74, 6) is -0.0640. The molecule has 0 spiro atoms. The third-order valence-electron chi connectivity index (χ3n) is 5.75. The molecule has 1 atom stereocenters. The van der Waals surface area contributed by atoms with Gasteiger partial charge < -0.3 is 4.90 Å². The van der Waals surface area contributed by atoms with Crippen molar-refractivity contribution in [3.05, 3.63) is 57.5 Å². The lowest BCUT2D eigenvalue weighted by Crippen LogP contribution is -2.46. The zero-order chi connectivity index (χ0) is 20.8. The molecule has 4 rings (SSSR count). The number of nitrogens with zero attached hydrogens (tertiary/aromatic N) is 2. The van der Waals surface area contributed by atoms with Gasteiger partial charge in [0.05, 0.1) is 4.90 Å². The van der Waals surface area contributed by atoms with Gasteiger partial charge in [-0.2, -0.15) is 4.31 Å². The Labute approximate surface area is 184 Å². The fraction of sp³-hybridized carbons (Fsp3) is 0.381. The van der Waals surface area contributed by atoms with Crippen LogP contribution in [0, 0.1) is 5.92 Å². The van der Waals surface area contributed by atoms with Crippen molar-refractivity contribution >= 4 is 49.1 Å². The SMILES string of the molecule is CC1Cc2cc(Br)ccc2N1C(=O)C1CCN(S(=O)(=O)c2ccc(Cl)cc2)CC1. The van der Waals surface area contributed by atoms with Crippen molar-refractivity contribution in [1.29, 1.82) is 0 Å². The molecule has 2 aromatic rings. The molecule has 0 N–H and O–H groups in total. The highest BCUT2D eigenvalue weighted by molar-refractivity contribution is 9.10. The summed E-state index contributed by atoms with van der Waals surface area (Å²) in [6.45, 7) is 2.75. The van der Waals surface area contributed by atoms with Gasteiger partial charge >= 0.3 is 0 Å². The average Bonchev–Trinajstić information content (AvgIpc) is 3.02. The molecule has 0 saturated carbocycles. The number of hydrogen-bond acceptors (Lipinski definition) is 3. The lowest BCUT2D eigenvalue weighted by Gasteiger charge is -2.34. The molecule has 5 nitrogen and oxygen atoms in total. The van der Waals surface area contributed by atoms with Crippen LogP contribution in [0.4, 0.5) is 5.69 Å². The number of anilines is 1. The van der Waals surface area contributed by atoms with E-state index in [0.29, 0.717) is 31.0 Å². The molecule has 0 radical (unpaired) electrons. The number of carbonyl (C=O) groups is 1. The van der Waals surface area contributed by atoms with Crippen molar-refractivity contribution in [3.63, 3.8) is 0 Å². The van der Waals surface area contributed by atoms with Gasteiger partial charge in [-0.05, 0) is 74.2 Å². The van der Waals surface area contributed by atoms with E-state index in [2.05, 4.69) is 28.9 Å². The molecule has 0 aromatic heterocycles. The lowest BCUT2D eigenvalue weighted by atomic mass is 9.96. The van der Waals surface area contributed by atoms with Crippen molar-refractivity contribution in [2.75, 3.05) is 18.0 Å². The maximum Gasteiger partial charge on any atom is 0.243 e. The van der Waals surface area contributed by atoms with Gasteiger partial charge in [0.25, 0.3) is 0 Å². The van der Waals surface area contributed by atoms with Gasteiger partial charge in [-0.25, -0.2) is 8.42 Å².